The molecule has 0 bridgehead atoms. The number of Topliss-reactive ketones (excluding diaryl/α,β-unsaturated/α-hetero) is 1. The fourth-order valence-electron chi connectivity index (χ4n) is 2.00. The van der Waals surface area contributed by atoms with E-state index >= 15 is 0 Å². The van der Waals surface area contributed by atoms with Crippen LogP contribution in [0, 0.1) is 0 Å². The van der Waals surface area contributed by atoms with E-state index in [9.17, 15) is 14.4 Å². The minimum atomic E-state index is -0.347. The zero-order valence-corrected chi connectivity index (χ0v) is 12.2. The molecule has 0 radical (unpaired) electrons. The van der Waals surface area contributed by atoms with Gasteiger partial charge >= 0.3 is 5.97 Å². The van der Waals surface area contributed by atoms with Crippen LogP contribution in [0.5, 0.6) is 0 Å². The first-order valence-electron chi connectivity index (χ1n) is 6.21. The van der Waals surface area contributed by atoms with Crippen LogP contribution in [-0.2, 0) is 9.53 Å². The van der Waals surface area contributed by atoms with Crippen molar-refractivity contribution >= 4 is 29.4 Å². The van der Waals surface area contributed by atoms with Crippen molar-refractivity contribution in [2.75, 3.05) is 26.0 Å². The number of carbonyl (C=O) groups excluding carboxylic acids is 3. The molecule has 1 aromatic heterocycles. The molecule has 0 spiro atoms. The largest absolute Gasteiger partial charge is 0.468 e. The van der Waals surface area contributed by atoms with E-state index in [1.165, 1.54) is 32.0 Å². The van der Waals surface area contributed by atoms with Gasteiger partial charge in [-0.15, -0.1) is 11.8 Å². The van der Waals surface area contributed by atoms with Gasteiger partial charge in [0.25, 0.3) is 5.91 Å². The van der Waals surface area contributed by atoms with Crippen LogP contribution in [0.1, 0.15) is 27.8 Å². The van der Waals surface area contributed by atoms with Crippen molar-refractivity contribution < 1.29 is 19.1 Å². The normalized spacial score (nSPS) is 18.7. The molecule has 108 valence electrons. The third-order valence-corrected chi connectivity index (χ3v) is 4.30. The number of aromatic nitrogens is 1. The number of ketones is 1. The maximum Gasteiger partial charge on any atom is 0.320 e. The van der Waals surface area contributed by atoms with Gasteiger partial charge in [-0.25, -0.2) is 0 Å². The summed E-state index contributed by atoms with van der Waals surface area (Å²) in [5.74, 6) is 0.0724. The van der Waals surface area contributed by atoms with Crippen LogP contribution in [0.2, 0.25) is 0 Å². The number of nitrogens with zero attached hydrogens (tertiary/aromatic N) is 1. The molecule has 1 fully saturated rings. The third-order valence-electron chi connectivity index (χ3n) is 3.14. The van der Waals surface area contributed by atoms with Crippen molar-refractivity contribution in [1.82, 2.24) is 9.88 Å². The molecule has 1 aromatic rings. The van der Waals surface area contributed by atoms with Gasteiger partial charge in [-0.3, -0.25) is 14.4 Å². The molecule has 2 heterocycles. The number of H-pyrrole nitrogens is 1. The Morgan fingerprint density at radius 3 is 2.80 bits per heavy atom. The monoisotopic (exact) mass is 296 g/mol. The van der Waals surface area contributed by atoms with Gasteiger partial charge in [0, 0.05) is 30.6 Å². The lowest BCUT2D eigenvalue weighted by atomic mass is 10.2. The Morgan fingerprint density at radius 2 is 2.20 bits per heavy atom. The summed E-state index contributed by atoms with van der Waals surface area (Å²) in [6.45, 7) is 2.35. The standard InChI is InChI=1S/C13H16N2O4S/c1-8(16)9-5-10(14-6-9)12(17)15-3-4-20-11(7-15)13(18)19-2/h5-6,11,14H,3-4,7H2,1-2H3/t11-/m1/s1. The Bertz CT molecular complexity index is 540. The smallest absolute Gasteiger partial charge is 0.320 e. The molecule has 0 aromatic carbocycles. The molecular formula is C13H16N2O4S. The number of amides is 1. The summed E-state index contributed by atoms with van der Waals surface area (Å²) in [6, 6.07) is 1.54. The van der Waals surface area contributed by atoms with E-state index < -0.39 is 0 Å². The first kappa shape index (κ1) is 14.6. The van der Waals surface area contributed by atoms with Crippen molar-refractivity contribution in [2.45, 2.75) is 12.2 Å². The highest BCUT2D eigenvalue weighted by atomic mass is 32.2. The van der Waals surface area contributed by atoms with Crippen molar-refractivity contribution in [2.24, 2.45) is 0 Å². The summed E-state index contributed by atoms with van der Waals surface area (Å²) in [4.78, 5) is 39.5. The minimum Gasteiger partial charge on any atom is -0.468 e. The summed E-state index contributed by atoms with van der Waals surface area (Å²) in [5, 5.41) is -0.347. The molecule has 2 rings (SSSR count). The molecule has 1 aliphatic rings. The SMILES string of the molecule is COC(=O)[C@H]1CN(C(=O)c2cc(C(C)=O)c[nH]2)CCS1. The van der Waals surface area contributed by atoms with Gasteiger partial charge in [-0.1, -0.05) is 0 Å². The number of methoxy groups -OCH3 is 1. The second kappa shape index (κ2) is 6.13. The maximum absolute atomic E-state index is 12.3. The number of rotatable bonds is 3. The first-order valence-corrected chi connectivity index (χ1v) is 7.26. The van der Waals surface area contributed by atoms with Crippen molar-refractivity contribution in [1.29, 1.82) is 0 Å². The number of nitrogens with one attached hydrogen (secondary N) is 1. The predicted molar refractivity (Wildman–Crippen MR) is 75.0 cm³/mol. The highest BCUT2D eigenvalue weighted by molar-refractivity contribution is 8.00. The van der Waals surface area contributed by atoms with Gasteiger partial charge in [0.2, 0.25) is 0 Å². The molecule has 0 saturated carbocycles. The lowest BCUT2D eigenvalue weighted by Crippen LogP contribution is -2.45. The molecular weight excluding hydrogens is 280 g/mol. The van der Waals surface area contributed by atoms with Crippen molar-refractivity contribution in [3.8, 4) is 0 Å². The molecule has 1 saturated heterocycles. The number of ether oxygens (including phenoxy) is 1. The molecule has 1 atom stereocenters. The molecule has 6 nitrogen and oxygen atoms in total. The lowest BCUT2D eigenvalue weighted by molar-refractivity contribution is -0.140. The number of aromatic amines is 1. The number of esters is 1. The molecule has 0 aliphatic carbocycles. The number of hydrogen-bond donors (Lipinski definition) is 1. The van der Waals surface area contributed by atoms with Crippen LogP contribution in [0.3, 0.4) is 0 Å². The van der Waals surface area contributed by atoms with E-state index in [1.807, 2.05) is 0 Å². The topological polar surface area (TPSA) is 79.5 Å². The van der Waals surface area contributed by atoms with Crippen molar-refractivity contribution in [3.63, 3.8) is 0 Å². The minimum absolute atomic E-state index is 0.0954. The third kappa shape index (κ3) is 3.04. The van der Waals surface area contributed by atoms with Crippen LogP contribution >= 0.6 is 11.8 Å². The zero-order valence-electron chi connectivity index (χ0n) is 11.3. The second-order valence-corrected chi connectivity index (χ2v) is 5.80. The summed E-state index contributed by atoms with van der Waals surface area (Å²) < 4.78 is 4.71. The molecule has 7 heteroatoms. The van der Waals surface area contributed by atoms with E-state index in [0.717, 1.165) is 0 Å². The molecule has 1 amide bonds. The van der Waals surface area contributed by atoms with Crippen LogP contribution < -0.4 is 0 Å². The van der Waals surface area contributed by atoms with Gasteiger partial charge in [0.15, 0.2) is 5.78 Å². The molecule has 1 aliphatic heterocycles. The maximum atomic E-state index is 12.3. The fourth-order valence-corrected chi connectivity index (χ4v) is 3.13. The van der Waals surface area contributed by atoms with Gasteiger partial charge < -0.3 is 14.6 Å². The Balaban J connectivity index is 2.08. The average Bonchev–Trinajstić information content (AvgIpc) is 2.95. The Hall–Kier alpha value is -1.76. The number of carbonyl (C=O) groups is 3. The van der Waals surface area contributed by atoms with Crippen LogP contribution in [-0.4, -0.2) is 58.7 Å². The van der Waals surface area contributed by atoms with E-state index in [1.54, 1.807) is 11.0 Å². The number of hydrogen-bond acceptors (Lipinski definition) is 5. The molecule has 20 heavy (non-hydrogen) atoms. The zero-order chi connectivity index (χ0) is 14.7. The van der Waals surface area contributed by atoms with E-state index in [-0.39, 0.29) is 22.9 Å². The highest BCUT2D eigenvalue weighted by Gasteiger charge is 2.30. The Kier molecular flexibility index (Phi) is 4.49. The van der Waals surface area contributed by atoms with Crippen molar-refractivity contribution in [3.05, 3.63) is 23.5 Å². The summed E-state index contributed by atoms with van der Waals surface area (Å²) in [7, 11) is 1.34. The van der Waals surface area contributed by atoms with Gasteiger partial charge in [-0.05, 0) is 13.0 Å². The second-order valence-electron chi connectivity index (χ2n) is 4.49. The fraction of sp³-hybridized carbons (Fsp3) is 0.462. The van der Waals surface area contributed by atoms with E-state index in [4.69, 9.17) is 4.74 Å². The summed E-state index contributed by atoms with van der Waals surface area (Å²) in [6.07, 6.45) is 1.52. The van der Waals surface area contributed by atoms with Crippen LogP contribution in [0.4, 0.5) is 0 Å². The van der Waals surface area contributed by atoms with Gasteiger partial charge in [0.05, 0.1) is 7.11 Å². The number of thioether (sulfide) groups is 1. The Labute approximate surface area is 120 Å². The molecule has 0 unspecified atom stereocenters. The lowest BCUT2D eigenvalue weighted by Gasteiger charge is -2.30. The van der Waals surface area contributed by atoms with Gasteiger partial charge in [0.1, 0.15) is 10.9 Å². The van der Waals surface area contributed by atoms with E-state index in [0.29, 0.717) is 30.1 Å². The summed E-state index contributed by atoms with van der Waals surface area (Å²) >= 11 is 1.49. The van der Waals surface area contributed by atoms with E-state index in [2.05, 4.69) is 4.98 Å². The van der Waals surface area contributed by atoms with Crippen LogP contribution in [0.25, 0.3) is 0 Å². The first-order chi connectivity index (χ1) is 9.52. The highest BCUT2D eigenvalue weighted by Crippen LogP contribution is 2.21. The van der Waals surface area contributed by atoms with Gasteiger partial charge in [-0.2, -0.15) is 0 Å². The predicted octanol–water partition coefficient (Wildman–Crippen LogP) is 0.948. The summed E-state index contributed by atoms with van der Waals surface area (Å²) in [5.41, 5.74) is 0.843. The quantitative estimate of drug-likeness (QED) is 0.663. The Morgan fingerprint density at radius 1 is 1.45 bits per heavy atom. The molecule has 1 N–H and O–H groups in total. The van der Waals surface area contributed by atoms with Crippen LogP contribution in [0.15, 0.2) is 12.3 Å². The average molecular weight is 296 g/mol.